The Morgan fingerprint density at radius 3 is 2.53 bits per heavy atom. The second-order valence-corrected chi connectivity index (χ2v) is 10.1. The number of phenols is 1. The van der Waals surface area contributed by atoms with E-state index in [1.54, 1.807) is 12.1 Å². The van der Waals surface area contributed by atoms with Gasteiger partial charge in [-0.3, -0.25) is 14.3 Å². The smallest absolute Gasteiger partial charge is 0.264 e. The zero-order valence-corrected chi connectivity index (χ0v) is 20.3. The Labute approximate surface area is 206 Å². The molecular weight excluding hydrogens is 470 g/mol. The van der Waals surface area contributed by atoms with Crippen LogP contribution in [-0.4, -0.2) is 44.6 Å². The molecule has 0 aliphatic carbocycles. The zero-order valence-electron chi connectivity index (χ0n) is 18.7. The minimum absolute atomic E-state index is 0.000394. The molecule has 0 saturated carbocycles. The van der Waals surface area contributed by atoms with Gasteiger partial charge >= 0.3 is 0 Å². The monoisotopic (exact) mass is 493 g/mol. The zero-order chi connectivity index (χ0) is 23.8. The molecule has 2 aromatic carbocycles. The molecule has 34 heavy (non-hydrogen) atoms. The molecule has 0 atom stereocenters. The second-order valence-electron chi connectivity index (χ2n) is 8.64. The summed E-state index contributed by atoms with van der Waals surface area (Å²) in [6, 6.07) is 16.0. The van der Waals surface area contributed by atoms with Crippen molar-refractivity contribution in [3.8, 4) is 5.75 Å². The first-order chi connectivity index (χ1) is 16.4. The molecule has 6 nitrogen and oxygen atoms in total. The van der Waals surface area contributed by atoms with Gasteiger partial charge in [0.15, 0.2) is 5.78 Å². The van der Waals surface area contributed by atoms with Gasteiger partial charge in [0, 0.05) is 35.0 Å². The number of benzene rings is 2. The summed E-state index contributed by atoms with van der Waals surface area (Å²) < 4.78 is 1.91. The standard InChI is InChI=1S/C26H24ClN3O3S/c1-16-21-14-23(34-26(21)30(28-16)15-19-4-2-3-5-22(19)27)25(33)29-12-10-18(11-13-29)24(32)17-6-8-20(31)9-7-17/h2-9,14,18,31H,10-13,15H2,1H3. The highest BCUT2D eigenvalue weighted by molar-refractivity contribution is 7.20. The summed E-state index contributed by atoms with van der Waals surface area (Å²) in [6.07, 6.45) is 1.27. The average Bonchev–Trinajstić information content (AvgIpc) is 3.41. The van der Waals surface area contributed by atoms with Crippen molar-refractivity contribution in [3.63, 3.8) is 0 Å². The summed E-state index contributed by atoms with van der Waals surface area (Å²) in [5.74, 6) is 0.109. The van der Waals surface area contributed by atoms with E-state index >= 15 is 0 Å². The number of carbonyl (C=O) groups excluding carboxylic acids is 2. The number of amides is 1. The quantitative estimate of drug-likeness (QED) is 0.370. The van der Waals surface area contributed by atoms with E-state index in [4.69, 9.17) is 11.6 Å². The van der Waals surface area contributed by atoms with E-state index < -0.39 is 0 Å². The number of hydrogen-bond donors (Lipinski definition) is 1. The normalized spacial score (nSPS) is 14.6. The van der Waals surface area contributed by atoms with Gasteiger partial charge in [-0.2, -0.15) is 5.10 Å². The third kappa shape index (κ3) is 4.33. The summed E-state index contributed by atoms with van der Waals surface area (Å²) in [5.41, 5.74) is 2.47. The predicted molar refractivity (Wildman–Crippen MR) is 134 cm³/mol. The minimum atomic E-state index is -0.109. The van der Waals surface area contributed by atoms with E-state index in [0.29, 0.717) is 47.9 Å². The molecule has 4 aromatic rings. The molecule has 1 saturated heterocycles. The number of halogens is 1. The highest BCUT2D eigenvalue weighted by Gasteiger charge is 2.29. The number of nitrogens with zero attached hydrogens (tertiary/aromatic N) is 3. The van der Waals surface area contributed by atoms with Crippen molar-refractivity contribution in [2.24, 2.45) is 5.92 Å². The van der Waals surface area contributed by atoms with Crippen LogP contribution in [-0.2, 0) is 6.54 Å². The number of piperidine rings is 1. The van der Waals surface area contributed by atoms with Gasteiger partial charge in [-0.15, -0.1) is 11.3 Å². The van der Waals surface area contributed by atoms with Crippen LogP contribution in [0.3, 0.4) is 0 Å². The van der Waals surface area contributed by atoms with Gasteiger partial charge in [-0.25, -0.2) is 0 Å². The number of hydrogen-bond acceptors (Lipinski definition) is 5. The Morgan fingerprint density at radius 1 is 1.12 bits per heavy atom. The van der Waals surface area contributed by atoms with Crippen molar-refractivity contribution in [2.75, 3.05) is 13.1 Å². The molecule has 1 fully saturated rings. The van der Waals surface area contributed by atoms with E-state index in [1.807, 2.05) is 46.8 Å². The van der Waals surface area contributed by atoms with E-state index in [9.17, 15) is 14.7 Å². The largest absolute Gasteiger partial charge is 0.508 e. The highest BCUT2D eigenvalue weighted by Crippen LogP contribution is 2.32. The number of thiophene rings is 1. The number of carbonyl (C=O) groups is 2. The summed E-state index contributed by atoms with van der Waals surface area (Å²) in [4.78, 5) is 29.5. The van der Waals surface area contributed by atoms with Crippen LogP contribution in [0.25, 0.3) is 10.2 Å². The van der Waals surface area contributed by atoms with Gasteiger partial charge in [0.2, 0.25) is 0 Å². The van der Waals surface area contributed by atoms with Crippen LogP contribution < -0.4 is 0 Å². The summed E-state index contributed by atoms with van der Waals surface area (Å²) in [6.45, 7) is 3.59. The number of aryl methyl sites for hydroxylation is 1. The molecule has 1 N–H and O–H groups in total. The van der Waals surface area contributed by atoms with Crippen molar-refractivity contribution >= 4 is 44.8 Å². The summed E-state index contributed by atoms with van der Waals surface area (Å²) >= 11 is 7.79. The summed E-state index contributed by atoms with van der Waals surface area (Å²) in [5, 5.41) is 15.8. The van der Waals surface area contributed by atoms with Gasteiger partial charge in [0.1, 0.15) is 10.6 Å². The molecular formula is C26H24ClN3O3S. The lowest BCUT2D eigenvalue weighted by Crippen LogP contribution is -2.40. The van der Waals surface area contributed by atoms with Crippen LogP contribution >= 0.6 is 22.9 Å². The number of phenolic OH excluding ortho intramolecular Hbond substituents is 1. The van der Waals surface area contributed by atoms with E-state index in [2.05, 4.69) is 5.10 Å². The Balaban J connectivity index is 1.29. The van der Waals surface area contributed by atoms with E-state index in [-0.39, 0.29) is 23.4 Å². The fourth-order valence-corrected chi connectivity index (χ4v) is 5.80. The number of Topliss-reactive ketones (excluding diaryl/α,β-unsaturated/α-hetero) is 1. The molecule has 0 spiro atoms. The molecule has 8 heteroatoms. The average molecular weight is 494 g/mol. The minimum Gasteiger partial charge on any atom is -0.508 e. The van der Waals surface area contributed by atoms with Crippen molar-refractivity contribution in [1.29, 1.82) is 0 Å². The lowest BCUT2D eigenvalue weighted by atomic mass is 9.89. The van der Waals surface area contributed by atoms with Gasteiger partial charge < -0.3 is 10.0 Å². The molecule has 3 heterocycles. The van der Waals surface area contributed by atoms with E-state index in [0.717, 1.165) is 21.5 Å². The number of rotatable bonds is 5. The fourth-order valence-electron chi connectivity index (χ4n) is 4.48. The highest BCUT2D eigenvalue weighted by atomic mass is 35.5. The van der Waals surface area contributed by atoms with Gasteiger partial charge in [0.05, 0.1) is 17.1 Å². The molecule has 2 aromatic heterocycles. The van der Waals surface area contributed by atoms with Gasteiger partial charge in [-0.05, 0) is 61.7 Å². The Hall–Kier alpha value is -3.16. The van der Waals surface area contributed by atoms with Crippen LogP contribution in [0.5, 0.6) is 5.75 Å². The van der Waals surface area contributed by atoms with Crippen molar-refractivity contribution < 1.29 is 14.7 Å². The molecule has 5 rings (SSSR count). The van der Waals surface area contributed by atoms with Crippen LogP contribution in [0.4, 0.5) is 0 Å². The molecule has 0 radical (unpaired) electrons. The lowest BCUT2D eigenvalue weighted by Gasteiger charge is -2.31. The Morgan fingerprint density at radius 2 is 1.82 bits per heavy atom. The topological polar surface area (TPSA) is 75.4 Å². The lowest BCUT2D eigenvalue weighted by molar-refractivity contribution is 0.0654. The number of aromatic nitrogens is 2. The first kappa shape index (κ1) is 22.6. The number of aromatic hydroxyl groups is 1. The molecule has 1 aliphatic rings. The molecule has 174 valence electrons. The number of ketones is 1. The summed E-state index contributed by atoms with van der Waals surface area (Å²) in [7, 11) is 0. The number of fused-ring (bicyclic) bond motifs is 1. The van der Waals surface area contributed by atoms with E-state index in [1.165, 1.54) is 23.5 Å². The maximum Gasteiger partial charge on any atom is 0.264 e. The first-order valence-electron chi connectivity index (χ1n) is 11.2. The van der Waals surface area contributed by atoms with Crippen molar-refractivity contribution in [2.45, 2.75) is 26.3 Å². The van der Waals surface area contributed by atoms with Crippen LogP contribution in [0.1, 0.15) is 44.1 Å². The van der Waals surface area contributed by atoms with Crippen LogP contribution in [0.15, 0.2) is 54.6 Å². The van der Waals surface area contributed by atoms with Crippen molar-refractivity contribution in [3.05, 3.63) is 81.3 Å². The third-order valence-corrected chi connectivity index (χ3v) is 7.91. The molecule has 1 amide bonds. The van der Waals surface area contributed by atoms with Gasteiger partial charge in [-0.1, -0.05) is 29.8 Å². The SMILES string of the molecule is Cc1nn(Cc2ccccc2Cl)c2sc(C(=O)N3CCC(C(=O)c4ccc(O)cc4)CC3)cc12. The second kappa shape index (κ2) is 9.24. The van der Waals surface area contributed by atoms with Gasteiger partial charge in [0.25, 0.3) is 5.91 Å². The predicted octanol–water partition coefficient (Wildman–Crippen LogP) is 5.55. The van der Waals surface area contributed by atoms with Crippen LogP contribution in [0.2, 0.25) is 5.02 Å². The third-order valence-electron chi connectivity index (χ3n) is 6.40. The first-order valence-corrected chi connectivity index (χ1v) is 12.4. The molecule has 1 aliphatic heterocycles. The number of likely N-dealkylation sites (tertiary alicyclic amines) is 1. The maximum atomic E-state index is 13.3. The fraction of sp³-hybridized carbons (Fsp3) is 0.269. The van der Waals surface area contributed by atoms with Crippen LogP contribution in [0, 0.1) is 12.8 Å². The molecule has 0 unspecified atom stereocenters. The Bertz CT molecular complexity index is 1370. The maximum absolute atomic E-state index is 13.3. The Kier molecular flexibility index (Phi) is 6.15. The van der Waals surface area contributed by atoms with Crippen molar-refractivity contribution in [1.82, 2.24) is 14.7 Å². The molecule has 0 bridgehead atoms.